The van der Waals surface area contributed by atoms with Crippen LogP contribution in [0.3, 0.4) is 0 Å². The standard InChI is InChI=1S/C21H18N2O3S2/c1-15-18(16-8-4-2-5-9-16)19-20(27-15)22-14-23(21(19)24)12-13-28(25,26)17-10-6-3-7-11-17/h2-11,14H,12-13H2,1H3. The Kier molecular flexibility index (Phi) is 4.87. The third-order valence-corrected chi connectivity index (χ3v) is 7.34. The van der Waals surface area contributed by atoms with Gasteiger partial charge in [0.15, 0.2) is 9.84 Å². The van der Waals surface area contributed by atoms with Gasteiger partial charge >= 0.3 is 0 Å². The summed E-state index contributed by atoms with van der Waals surface area (Å²) < 4.78 is 26.5. The van der Waals surface area contributed by atoms with E-state index < -0.39 is 9.84 Å². The van der Waals surface area contributed by atoms with Crippen LogP contribution in [0.1, 0.15) is 4.88 Å². The van der Waals surface area contributed by atoms with Crippen molar-refractivity contribution in [3.05, 3.63) is 82.2 Å². The van der Waals surface area contributed by atoms with Gasteiger partial charge in [-0.25, -0.2) is 13.4 Å². The Morgan fingerprint density at radius 3 is 2.32 bits per heavy atom. The molecule has 7 heteroatoms. The number of rotatable bonds is 5. The first-order chi connectivity index (χ1) is 13.5. The molecule has 0 atom stereocenters. The minimum Gasteiger partial charge on any atom is -0.298 e. The van der Waals surface area contributed by atoms with Crippen LogP contribution >= 0.6 is 11.3 Å². The Balaban J connectivity index is 1.74. The minimum absolute atomic E-state index is 0.0577. The summed E-state index contributed by atoms with van der Waals surface area (Å²) in [5.74, 6) is -0.159. The zero-order valence-electron chi connectivity index (χ0n) is 15.2. The minimum atomic E-state index is -3.47. The quantitative estimate of drug-likeness (QED) is 0.500. The van der Waals surface area contributed by atoms with Gasteiger partial charge in [-0.15, -0.1) is 11.3 Å². The van der Waals surface area contributed by atoms with Gasteiger partial charge in [-0.1, -0.05) is 48.5 Å². The zero-order valence-corrected chi connectivity index (χ0v) is 16.8. The van der Waals surface area contributed by atoms with Crippen molar-refractivity contribution in [1.82, 2.24) is 9.55 Å². The summed E-state index contributed by atoms with van der Waals surface area (Å²) in [6.45, 7) is 2.03. The first kappa shape index (κ1) is 18.6. The van der Waals surface area contributed by atoms with Crippen molar-refractivity contribution in [3.8, 4) is 11.1 Å². The van der Waals surface area contributed by atoms with Crippen molar-refractivity contribution < 1.29 is 8.42 Å². The smallest absolute Gasteiger partial charge is 0.262 e. The fourth-order valence-corrected chi connectivity index (χ4v) is 5.46. The Labute approximate surface area is 166 Å². The van der Waals surface area contributed by atoms with Gasteiger partial charge < -0.3 is 0 Å². The monoisotopic (exact) mass is 410 g/mol. The maximum Gasteiger partial charge on any atom is 0.262 e. The lowest BCUT2D eigenvalue weighted by Gasteiger charge is -2.08. The summed E-state index contributed by atoms with van der Waals surface area (Å²) in [6.07, 6.45) is 1.44. The van der Waals surface area contributed by atoms with Crippen molar-refractivity contribution in [2.75, 3.05) is 5.75 Å². The molecule has 0 saturated carbocycles. The lowest BCUT2D eigenvalue weighted by molar-refractivity contribution is 0.587. The molecule has 4 rings (SSSR count). The van der Waals surface area contributed by atoms with Gasteiger partial charge in [0.05, 0.1) is 22.4 Å². The third kappa shape index (κ3) is 3.39. The van der Waals surface area contributed by atoms with E-state index >= 15 is 0 Å². The maximum atomic E-state index is 13.1. The third-order valence-electron chi connectivity index (χ3n) is 4.62. The van der Waals surface area contributed by atoms with Gasteiger partial charge in [-0.05, 0) is 24.6 Å². The molecule has 0 aliphatic heterocycles. The molecule has 28 heavy (non-hydrogen) atoms. The van der Waals surface area contributed by atoms with Crippen LogP contribution < -0.4 is 5.56 Å². The van der Waals surface area contributed by atoms with Crippen LogP contribution in [-0.2, 0) is 16.4 Å². The highest BCUT2D eigenvalue weighted by Gasteiger charge is 2.18. The Hall–Kier alpha value is -2.77. The lowest BCUT2D eigenvalue weighted by Crippen LogP contribution is -2.24. The van der Waals surface area contributed by atoms with Gasteiger partial charge in [0.2, 0.25) is 0 Å². The summed E-state index contributed by atoms with van der Waals surface area (Å²) >= 11 is 1.47. The Morgan fingerprint density at radius 2 is 1.64 bits per heavy atom. The van der Waals surface area contributed by atoms with E-state index in [2.05, 4.69) is 4.98 Å². The second kappa shape index (κ2) is 7.33. The van der Waals surface area contributed by atoms with Gasteiger partial charge in [-0.2, -0.15) is 0 Å². The molecule has 2 heterocycles. The highest BCUT2D eigenvalue weighted by molar-refractivity contribution is 7.91. The maximum absolute atomic E-state index is 13.1. The fraction of sp³-hybridized carbons (Fsp3) is 0.143. The van der Waals surface area contributed by atoms with Crippen LogP contribution in [0.15, 0.2) is 76.7 Å². The number of nitrogens with zero attached hydrogens (tertiary/aromatic N) is 2. The number of benzene rings is 2. The summed E-state index contributed by atoms with van der Waals surface area (Å²) in [4.78, 5) is 19.5. The predicted octanol–water partition coefficient (Wildman–Crippen LogP) is 3.91. The molecule has 2 aromatic carbocycles. The molecule has 0 N–H and O–H groups in total. The summed E-state index contributed by atoms with van der Waals surface area (Å²) in [5, 5.41) is 0.549. The van der Waals surface area contributed by atoms with Crippen molar-refractivity contribution in [2.45, 2.75) is 18.4 Å². The molecule has 2 aromatic heterocycles. The second-order valence-corrected chi connectivity index (χ2v) is 9.77. The largest absolute Gasteiger partial charge is 0.298 e. The van der Waals surface area contributed by atoms with E-state index in [-0.39, 0.29) is 22.8 Å². The van der Waals surface area contributed by atoms with E-state index in [1.54, 1.807) is 30.3 Å². The van der Waals surface area contributed by atoms with E-state index in [0.717, 1.165) is 16.0 Å². The van der Waals surface area contributed by atoms with E-state index in [0.29, 0.717) is 10.2 Å². The second-order valence-electron chi connectivity index (χ2n) is 6.45. The van der Waals surface area contributed by atoms with Crippen LogP contribution in [0.4, 0.5) is 0 Å². The van der Waals surface area contributed by atoms with Gasteiger partial charge in [0, 0.05) is 17.0 Å². The summed E-state index contributed by atoms with van der Waals surface area (Å²) in [6, 6.07) is 18.0. The molecule has 5 nitrogen and oxygen atoms in total. The molecule has 0 bridgehead atoms. The number of thiophene rings is 1. The molecular weight excluding hydrogens is 392 g/mol. The van der Waals surface area contributed by atoms with Crippen LogP contribution in [0.2, 0.25) is 0 Å². The molecule has 0 spiro atoms. The average Bonchev–Trinajstić information content (AvgIpc) is 3.05. The van der Waals surface area contributed by atoms with Crippen LogP contribution in [0, 0.1) is 6.92 Å². The molecule has 0 aliphatic rings. The molecule has 0 fully saturated rings. The first-order valence-corrected chi connectivity index (χ1v) is 11.3. The molecule has 0 unspecified atom stereocenters. The molecule has 4 aromatic rings. The van der Waals surface area contributed by atoms with Crippen molar-refractivity contribution >= 4 is 31.4 Å². The van der Waals surface area contributed by atoms with Crippen LogP contribution in [0.25, 0.3) is 21.3 Å². The Bertz CT molecular complexity index is 1290. The van der Waals surface area contributed by atoms with Crippen LogP contribution in [-0.4, -0.2) is 23.7 Å². The predicted molar refractivity (Wildman–Crippen MR) is 113 cm³/mol. The van der Waals surface area contributed by atoms with Crippen LogP contribution in [0.5, 0.6) is 0 Å². The van der Waals surface area contributed by atoms with Crippen molar-refractivity contribution in [3.63, 3.8) is 0 Å². The van der Waals surface area contributed by atoms with Gasteiger partial charge in [0.1, 0.15) is 4.83 Å². The number of hydrogen-bond donors (Lipinski definition) is 0. The number of aromatic nitrogens is 2. The normalized spacial score (nSPS) is 11.8. The number of hydrogen-bond acceptors (Lipinski definition) is 5. The SMILES string of the molecule is Cc1sc2ncn(CCS(=O)(=O)c3ccccc3)c(=O)c2c1-c1ccccc1. The Morgan fingerprint density at radius 1 is 1.00 bits per heavy atom. The molecule has 0 saturated heterocycles. The number of aryl methyl sites for hydroxylation is 2. The van der Waals surface area contributed by atoms with E-state index in [1.807, 2.05) is 37.3 Å². The van der Waals surface area contributed by atoms with E-state index in [1.165, 1.54) is 22.2 Å². The summed E-state index contributed by atoms with van der Waals surface area (Å²) in [7, 11) is -3.47. The molecule has 142 valence electrons. The highest BCUT2D eigenvalue weighted by atomic mass is 32.2. The van der Waals surface area contributed by atoms with Crippen molar-refractivity contribution in [2.24, 2.45) is 0 Å². The fourth-order valence-electron chi connectivity index (χ4n) is 3.21. The molecule has 0 aliphatic carbocycles. The van der Waals surface area contributed by atoms with E-state index in [9.17, 15) is 13.2 Å². The van der Waals surface area contributed by atoms with Gasteiger partial charge in [0.25, 0.3) is 5.56 Å². The molecular formula is C21H18N2O3S2. The van der Waals surface area contributed by atoms with E-state index in [4.69, 9.17) is 0 Å². The topological polar surface area (TPSA) is 69.0 Å². The van der Waals surface area contributed by atoms with Crippen molar-refractivity contribution in [1.29, 1.82) is 0 Å². The first-order valence-electron chi connectivity index (χ1n) is 8.79. The number of fused-ring (bicyclic) bond motifs is 1. The summed E-state index contributed by atoms with van der Waals surface area (Å²) in [5.41, 5.74) is 1.62. The molecule has 0 radical (unpaired) electrons. The van der Waals surface area contributed by atoms with Gasteiger partial charge in [-0.3, -0.25) is 9.36 Å². The molecule has 0 amide bonds. The number of sulfone groups is 1. The highest BCUT2D eigenvalue weighted by Crippen LogP contribution is 2.35. The zero-order chi connectivity index (χ0) is 19.7. The average molecular weight is 411 g/mol. The lowest BCUT2D eigenvalue weighted by atomic mass is 10.0.